The second kappa shape index (κ2) is 6.43. The van der Waals surface area contributed by atoms with Crippen molar-refractivity contribution in [2.24, 2.45) is 0 Å². The predicted molar refractivity (Wildman–Crippen MR) is 89.2 cm³/mol. The van der Waals surface area contributed by atoms with E-state index in [1.807, 2.05) is 46.2 Å². The highest BCUT2D eigenvalue weighted by molar-refractivity contribution is 5.48. The summed E-state index contributed by atoms with van der Waals surface area (Å²) in [5, 5.41) is 0. The van der Waals surface area contributed by atoms with E-state index >= 15 is 0 Å². The smallest absolute Gasteiger partial charge is 0.227 e. The van der Waals surface area contributed by atoms with E-state index < -0.39 is 0 Å². The van der Waals surface area contributed by atoms with E-state index in [0.29, 0.717) is 0 Å². The van der Waals surface area contributed by atoms with Gasteiger partial charge in [-0.25, -0.2) is 4.98 Å². The summed E-state index contributed by atoms with van der Waals surface area (Å²) in [6.45, 7) is 0.776. The first-order chi connectivity index (χ1) is 9.97. The molecule has 0 radical (unpaired) electrons. The molecule has 0 bridgehead atoms. The Balaban J connectivity index is 2.16. The van der Waals surface area contributed by atoms with E-state index in [2.05, 4.69) is 44.0 Å². The lowest BCUT2D eigenvalue weighted by Crippen LogP contribution is -2.21. The van der Waals surface area contributed by atoms with Crippen LogP contribution in [-0.2, 0) is 6.54 Å². The van der Waals surface area contributed by atoms with Crippen LogP contribution in [0.1, 0.15) is 5.56 Å². The average Bonchev–Trinajstić information content (AvgIpc) is 2.47. The third-order valence-electron chi connectivity index (χ3n) is 3.27. The zero-order chi connectivity index (χ0) is 15.4. The van der Waals surface area contributed by atoms with Gasteiger partial charge in [0.15, 0.2) is 0 Å². The molecule has 0 saturated heterocycles. The Morgan fingerprint density at radius 1 is 0.952 bits per heavy atom. The quantitative estimate of drug-likeness (QED) is 0.842. The number of hydrogen-bond donors (Lipinski definition) is 0. The van der Waals surface area contributed by atoms with Crippen LogP contribution in [0.4, 0.5) is 17.5 Å². The minimum absolute atomic E-state index is 0.733. The Bertz CT molecular complexity index is 595. The molecule has 0 aliphatic heterocycles. The average molecular weight is 285 g/mol. The Hall–Kier alpha value is -2.30. The lowest BCUT2D eigenvalue weighted by Gasteiger charge is -2.20. The normalized spacial score (nSPS) is 10.3. The summed E-state index contributed by atoms with van der Waals surface area (Å²) in [6, 6.07) is 10.4. The third-order valence-corrected chi connectivity index (χ3v) is 3.27. The molecule has 5 heteroatoms. The van der Waals surface area contributed by atoms with Gasteiger partial charge in [-0.15, -0.1) is 0 Å². The summed E-state index contributed by atoms with van der Waals surface area (Å²) in [5.74, 6) is 1.64. The Kier molecular flexibility index (Phi) is 4.62. The van der Waals surface area contributed by atoms with Crippen molar-refractivity contribution in [2.75, 3.05) is 49.9 Å². The number of nitrogens with zero attached hydrogens (tertiary/aromatic N) is 5. The van der Waals surface area contributed by atoms with Crippen molar-refractivity contribution in [2.45, 2.75) is 6.54 Å². The predicted octanol–water partition coefficient (Wildman–Crippen LogP) is 2.25. The van der Waals surface area contributed by atoms with Crippen LogP contribution in [0.15, 0.2) is 36.5 Å². The van der Waals surface area contributed by atoms with Crippen LogP contribution in [0.5, 0.6) is 0 Å². The number of rotatable bonds is 5. The molecular formula is C16H23N5. The van der Waals surface area contributed by atoms with Gasteiger partial charge in [-0.3, -0.25) is 0 Å². The van der Waals surface area contributed by atoms with E-state index in [1.165, 1.54) is 11.3 Å². The van der Waals surface area contributed by atoms with E-state index in [-0.39, 0.29) is 0 Å². The molecule has 1 aromatic carbocycles. The van der Waals surface area contributed by atoms with Gasteiger partial charge in [-0.05, 0) is 23.8 Å². The van der Waals surface area contributed by atoms with Gasteiger partial charge in [0.05, 0.1) is 0 Å². The maximum absolute atomic E-state index is 4.56. The molecule has 0 aliphatic carbocycles. The van der Waals surface area contributed by atoms with Gasteiger partial charge < -0.3 is 14.7 Å². The van der Waals surface area contributed by atoms with Crippen LogP contribution in [0.3, 0.4) is 0 Å². The van der Waals surface area contributed by atoms with E-state index in [1.54, 1.807) is 6.20 Å². The molecule has 1 aromatic heterocycles. The number of hydrogen-bond acceptors (Lipinski definition) is 5. The highest BCUT2D eigenvalue weighted by atomic mass is 15.3. The van der Waals surface area contributed by atoms with Gasteiger partial charge in [-0.1, -0.05) is 12.1 Å². The molecule has 0 fully saturated rings. The molecule has 0 atom stereocenters. The molecule has 0 unspecified atom stereocenters. The van der Waals surface area contributed by atoms with E-state index in [4.69, 9.17) is 0 Å². The van der Waals surface area contributed by atoms with Crippen molar-refractivity contribution in [3.63, 3.8) is 0 Å². The van der Waals surface area contributed by atoms with Crippen molar-refractivity contribution < 1.29 is 0 Å². The zero-order valence-electron chi connectivity index (χ0n) is 13.4. The Morgan fingerprint density at radius 2 is 1.71 bits per heavy atom. The van der Waals surface area contributed by atoms with E-state index in [9.17, 15) is 0 Å². The van der Waals surface area contributed by atoms with Crippen molar-refractivity contribution >= 4 is 17.5 Å². The lowest BCUT2D eigenvalue weighted by atomic mass is 10.2. The maximum atomic E-state index is 4.56. The first kappa shape index (κ1) is 15.1. The summed E-state index contributed by atoms with van der Waals surface area (Å²) >= 11 is 0. The zero-order valence-corrected chi connectivity index (χ0v) is 13.4. The number of anilines is 3. The lowest BCUT2D eigenvalue weighted by molar-refractivity contribution is 0.860. The molecule has 0 spiro atoms. The van der Waals surface area contributed by atoms with Crippen LogP contribution in [0.25, 0.3) is 0 Å². The maximum Gasteiger partial charge on any atom is 0.227 e. The molecule has 0 N–H and O–H groups in total. The van der Waals surface area contributed by atoms with Crippen LogP contribution in [0, 0.1) is 0 Å². The van der Waals surface area contributed by atoms with Crippen LogP contribution >= 0.6 is 0 Å². The van der Waals surface area contributed by atoms with Crippen molar-refractivity contribution in [3.8, 4) is 0 Å². The monoisotopic (exact) mass is 285 g/mol. The second-order valence-electron chi connectivity index (χ2n) is 5.53. The topological polar surface area (TPSA) is 35.5 Å². The van der Waals surface area contributed by atoms with Gasteiger partial charge in [0.1, 0.15) is 5.82 Å². The summed E-state index contributed by atoms with van der Waals surface area (Å²) in [4.78, 5) is 15.0. The summed E-state index contributed by atoms with van der Waals surface area (Å²) in [6.07, 6.45) is 1.80. The van der Waals surface area contributed by atoms with Gasteiger partial charge in [-0.2, -0.15) is 4.98 Å². The fourth-order valence-electron chi connectivity index (χ4n) is 2.05. The summed E-state index contributed by atoms with van der Waals surface area (Å²) in [5.41, 5.74) is 2.44. The van der Waals surface area contributed by atoms with Crippen LogP contribution in [-0.4, -0.2) is 45.2 Å². The van der Waals surface area contributed by atoms with Gasteiger partial charge in [0, 0.05) is 53.7 Å². The molecule has 0 saturated carbocycles. The molecule has 21 heavy (non-hydrogen) atoms. The SMILES string of the molecule is CN(C)c1cccc(CN(C)c2nccc(N(C)C)n2)c1. The molecule has 0 amide bonds. The molecule has 5 nitrogen and oxygen atoms in total. The Morgan fingerprint density at radius 3 is 2.38 bits per heavy atom. The molecule has 2 aromatic rings. The standard InChI is InChI=1S/C16H23N5/c1-19(2)14-8-6-7-13(11-14)12-21(5)16-17-10-9-15(18-16)20(3)4/h6-11H,12H2,1-5H3. The van der Waals surface area contributed by atoms with Gasteiger partial charge in [0.25, 0.3) is 0 Å². The third kappa shape index (κ3) is 3.84. The molecule has 0 aliphatic rings. The second-order valence-corrected chi connectivity index (χ2v) is 5.53. The van der Waals surface area contributed by atoms with E-state index in [0.717, 1.165) is 18.3 Å². The van der Waals surface area contributed by atoms with Crippen molar-refractivity contribution in [1.29, 1.82) is 0 Å². The molecule has 2 rings (SSSR count). The first-order valence-electron chi connectivity index (χ1n) is 6.95. The highest BCUT2D eigenvalue weighted by Crippen LogP contribution is 2.17. The van der Waals surface area contributed by atoms with Crippen molar-refractivity contribution in [1.82, 2.24) is 9.97 Å². The fourth-order valence-corrected chi connectivity index (χ4v) is 2.05. The van der Waals surface area contributed by atoms with Crippen LogP contribution < -0.4 is 14.7 Å². The largest absolute Gasteiger partial charge is 0.378 e. The minimum Gasteiger partial charge on any atom is -0.378 e. The van der Waals surface area contributed by atoms with Crippen molar-refractivity contribution in [3.05, 3.63) is 42.1 Å². The van der Waals surface area contributed by atoms with Gasteiger partial charge in [0.2, 0.25) is 5.95 Å². The first-order valence-corrected chi connectivity index (χ1v) is 6.95. The summed E-state index contributed by atoms with van der Waals surface area (Å²) < 4.78 is 0. The highest BCUT2D eigenvalue weighted by Gasteiger charge is 2.08. The Labute approximate surface area is 126 Å². The number of benzene rings is 1. The number of aromatic nitrogens is 2. The molecular weight excluding hydrogens is 262 g/mol. The molecule has 1 heterocycles. The summed E-state index contributed by atoms with van der Waals surface area (Å²) in [7, 11) is 10.1. The van der Waals surface area contributed by atoms with Crippen LogP contribution in [0.2, 0.25) is 0 Å². The van der Waals surface area contributed by atoms with Gasteiger partial charge >= 0.3 is 0 Å². The fraction of sp³-hybridized carbons (Fsp3) is 0.375. The molecule has 112 valence electrons. The minimum atomic E-state index is 0.733.